The number of allylic oxidation sites excluding steroid dienone is 15. The van der Waals surface area contributed by atoms with Crippen LogP contribution >= 0.6 is 0 Å². The number of fused-ring (bicyclic) bond motifs is 3. The van der Waals surface area contributed by atoms with Gasteiger partial charge in [0, 0.05) is 41.3 Å². The maximum Gasteiger partial charge on any atom is 0.0541 e. The number of para-hydroxylation sites is 2. The second-order valence-electron chi connectivity index (χ2n) is 11.8. The van der Waals surface area contributed by atoms with Crippen molar-refractivity contribution in [1.29, 1.82) is 0 Å². The van der Waals surface area contributed by atoms with Gasteiger partial charge in [-0.05, 0) is 92.3 Å². The molecule has 1 aliphatic rings. The van der Waals surface area contributed by atoms with Crippen molar-refractivity contribution in [3.05, 3.63) is 180 Å². The third-order valence-corrected chi connectivity index (χ3v) is 8.63. The first kappa shape index (κ1) is 31.3. The first-order chi connectivity index (χ1) is 21.8. The van der Waals surface area contributed by atoms with Crippen LogP contribution in [0.3, 0.4) is 0 Å². The van der Waals surface area contributed by atoms with Crippen molar-refractivity contribution in [3.8, 4) is 5.69 Å². The molecule has 0 saturated carbocycles. The molecule has 1 aliphatic carbocycles. The molecule has 45 heavy (non-hydrogen) atoms. The highest BCUT2D eigenvalue weighted by Gasteiger charge is 2.12. The van der Waals surface area contributed by atoms with Crippen molar-refractivity contribution in [3.63, 3.8) is 0 Å². The largest absolute Gasteiger partial charge is 0.351 e. The molecule has 0 saturated heterocycles. The molecule has 2 heteroatoms. The zero-order chi connectivity index (χ0) is 31.9. The van der Waals surface area contributed by atoms with E-state index in [4.69, 9.17) is 0 Å². The first-order valence-corrected chi connectivity index (χ1v) is 15.7. The number of rotatable bonds is 10. The molecule has 0 unspecified atom stereocenters. The summed E-state index contributed by atoms with van der Waals surface area (Å²) in [4.78, 5) is 2.29. The van der Waals surface area contributed by atoms with E-state index in [-0.39, 0.29) is 0 Å². The Morgan fingerprint density at radius 3 is 2.24 bits per heavy atom. The Morgan fingerprint density at radius 2 is 1.56 bits per heavy atom. The van der Waals surface area contributed by atoms with E-state index in [1.54, 1.807) is 0 Å². The molecule has 5 rings (SSSR count). The molecule has 0 atom stereocenters. The van der Waals surface area contributed by atoms with Crippen molar-refractivity contribution in [2.75, 3.05) is 7.05 Å². The van der Waals surface area contributed by atoms with Crippen LogP contribution in [-0.2, 0) is 0 Å². The predicted molar refractivity (Wildman–Crippen MR) is 197 cm³/mol. The van der Waals surface area contributed by atoms with Gasteiger partial charge in [-0.1, -0.05) is 116 Å². The van der Waals surface area contributed by atoms with E-state index < -0.39 is 0 Å². The fourth-order valence-corrected chi connectivity index (χ4v) is 5.92. The van der Waals surface area contributed by atoms with E-state index >= 15 is 0 Å². The summed E-state index contributed by atoms with van der Waals surface area (Å²) in [5.74, 6) is 0. The third kappa shape index (κ3) is 7.02. The summed E-state index contributed by atoms with van der Waals surface area (Å²) in [7, 11) is 2.15. The third-order valence-electron chi connectivity index (χ3n) is 8.63. The van der Waals surface area contributed by atoms with Crippen LogP contribution in [0.4, 0.5) is 0 Å². The van der Waals surface area contributed by atoms with Gasteiger partial charge in [0.25, 0.3) is 0 Å². The van der Waals surface area contributed by atoms with Crippen LogP contribution in [0.15, 0.2) is 174 Å². The SMILES string of the molecule is C=C(/C=C(\C)C1=CC=C(N(C)/C(C)=C(C)/C=C\C)CC=C1)C/C=C\C(=C)c1cccc(-n2c3ccccc3c3ccccc32)c1. The molecule has 226 valence electrons. The Labute approximate surface area is 269 Å². The van der Waals surface area contributed by atoms with Crippen molar-refractivity contribution in [2.24, 2.45) is 0 Å². The summed E-state index contributed by atoms with van der Waals surface area (Å²) in [6.45, 7) is 17.3. The minimum atomic E-state index is 0.762. The second kappa shape index (κ2) is 14.1. The van der Waals surface area contributed by atoms with Crippen LogP contribution < -0.4 is 0 Å². The van der Waals surface area contributed by atoms with Gasteiger partial charge in [0.1, 0.15) is 0 Å². The van der Waals surface area contributed by atoms with Crippen molar-refractivity contribution in [2.45, 2.75) is 40.5 Å². The van der Waals surface area contributed by atoms with Crippen LogP contribution in [0.25, 0.3) is 33.1 Å². The smallest absolute Gasteiger partial charge is 0.0541 e. The molecule has 0 fully saturated rings. The molecule has 3 aromatic carbocycles. The number of nitrogens with zero attached hydrogens (tertiary/aromatic N) is 2. The van der Waals surface area contributed by atoms with Crippen LogP contribution in [-0.4, -0.2) is 16.5 Å². The van der Waals surface area contributed by atoms with Crippen molar-refractivity contribution >= 4 is 27.4 Å². The van der Waals surface area contributed by atoms with Gasteiger partial charge in [0.15, 0.2) is 0 Å². The molecule has 4 aromatic rings. The van der Waals surface area contributed by atoms with Gasteiger partial charge in [-0.3, -0.25) is 0 Å². The van der Waals surface area contributed by atoms with Gasteiger partial charge in [-0.25, -0.2) is 0 Å². The Hall–Kier alpha value is -5.08. The van der Waals surface area contributed by atoms with Gasteiger partial charge >= 0.3 is 0 Å². The summed E-state index contributed by atoms with van der Waals surface area (Å²) in [6.07, 6.45) is 21.3. The molecular weight excluding hydrogens is 544 g/mol. The quantitative estimate of drug-likeness (QED) is 0.167. The summed E-state index contributed by atoms with van der Waals surface area (Å²) >= 11 is 0. The molecule has 0 aliphatic heterocycles. The predicted octanol–water partition coefficient (Wildman–Crippen LogP) is 11.8. The van der Waals surface area contributed by atoms with Crippen LogP contribution in [0.1, 0.15) is 46.1 Å². The topological polar surface area (TPSA) is 8.17 Å². The van der Waals surface area contributed by atoms with Crippen molar-refractivity contribution < 1.29 is 0 Å². The zero-order valence-electron chi connectivity index (χ0n) is 27.3. The number of benzene rings is 3. The number of hydrogen-bond donors (Lipinski definition) is 0. The molecular formula is C43H44N2. The Morgan fingerprint density at radius 1 is 0.867 bits per heavy atom. The molecule has 0 amide bonds. The Balaban J connectivity index is 1.28. The summed E-state index contributed by atoms with van der Waals surface area (Å²) < 4.78 is 2.34. The molecule has 0 radical (unpaired) electrons. The minimum Gasteiger partial charge on any atom is -0.351 e. The standard InChI is InChI=1S/C43H44N2/c1-8-16-32(3)35(6)44(7)38-21-14-19-36(27-28-38)34(5)29-31(2)17-13-18-33(4)37-20-15-22-39(30-37)45-42-25-11-9-23-40(42)41-24-10-12-26-43(41)45/h8-16,18-20,22-30H,2,4,17,21H2,1,3,5-7H3/b16-8-,18-13-,34-29+,35-32+. The molecule has 0 N–H and O–H groups in total. The fourth-order valence-electron chi connectivity index (χ4n) is 5.92. The van der Waals surface area contributed by atoms with Crippen LogP contribution in [0.2, 0.25) is 0 Å². The molecule has 2 nitrogen and oxygen atoms in total. The maximum absolute atomic E-state index is 4.39. The highest BCUT2D eigenvalue weighted by atomic mass is 15.1. The number of hydrogen-bond acceptors (Lipinski definition) is 1. The van der Waals surface area contributed by atoms with Gasteiger partial charge in [0.05, 0.1) is 11.0 Å². The van der Waals surface area contributed by atoms with Crippen LogP contribution in [0, 0.1) is 0 Å². The van der Waals surface area contributed by atoms with E-state index in [1.165, 1.54) is 49.9 Å². The average molecular weight is 589 g/mol. The van der Waals surface area contributed by atoms with E-state index in [0.717, 1.165) is 35.2 Å². The number of aromatic nitrogens is 1. The van der Waals surface area contributed by atoms with E-state index in [2.05, 4.69) is 185 Å². The van der Waals surface area contributed by atoms with E-state index in [9.17, 15) is 0 Å². The zero-order valence-corrected chi connectivity index (χ0v) is 27.3. The molecule has 0 bridgehead atoms. The van der Waals surface area contributed by atoms with Crippen LogP contribution in [0.5, 0.6) is 0 Å². The fraction of sp³-hybridized carbons (Fsp3) is 0.163. The summed E-state index contributed by atoms with van der Waals surface area (Å²) in [5.41, 5.74) is 12.9. The first-order valence-electron chi connectivity index (χ1n) is 15.7. The molecule has 0 spiro atoms. The summed E-state index contributed by atoms with van der Waals surface area (Å²) in [5, 5.41) is 2.53. The lowest BCUT2D eigenvalue weighted by Gasteiger charge is -2.23. The Bertz CT molecular complexity index is 1920. The lowest BCUT2D eigenvalue weighted by atomic mass is 10.0. The lowest BCUT2D eigenvalue weighted by Crippen LogP contribution is -2.16. The van der Waals surface area contributed by atoms with Gasteiger partial charge < -0.3 is 9.47 Å². The second-order valence-corrected chi connectivity index (χ2v) is 11.8. The van der Waals surface area contributed by atoms with Gasteiger partial charge in [0.2, 0.25) is 0 Å². The molecule has 1 aromatic heterocycles. The summed E-state index contributed by atoms with van der Waals surface area (Å²) in [6, 6.07) is 25.9. The minimum absolute atomic E-state index is 0.762. The Kier molecular flexibility index (Phi) is 9.85. The monoisotopic (exact) mass is 588 g/mol. The highest BCUT2D eigenvalue weighted by Crippen LogP contribution is 2.32. The average Bonchev–Trinajstić information content (AvgIpc) is 3.18. The van der Waals surface area contributed by atoms with Gasteiger partial charge in [-0.15, -0.1) is 0 Å². The lowest BCUT2D eigenvalue weighted by molar-refractivity contribution is 0.505. The van der Waals surface area contributed by atoms with Gasteiger partial charge in [-0.2, -0.15) is 0 Å². The van der Waals surface area contributed by atoms with E-state index in [1.807, 2.05) is 0 Å². The normalized spacial score (nSPS) is 14.6. The molecule has 1 heterocycles. The van der Waals surface area contributed by atoms with E-state index in [0.29, 0.717) is 0 Å². The maximum atomic E-state index is 4.39. The van der Waals surface area contributed by atoms with Crippen molar-refractivity contribution in [1.82, 2.24) is 9.47 Å². The highest BCUT2D eigenvalue weighted by molar-refractivity contribution is 6.09.